The molecular formula is C15H16N2O4. The third-order valence-corrected chi connectivity index (χ3v) is 2.89. The van der Waals surface area contributed by atoms with Crippen molar-refractivity contribution in [3.8, 4) is 0 Å². The molecule has 0 spiro atoms. The molecule has 110 valence electrons. The second kappa shape index (κ2) is 7.14. The number of carboxylic acid groups (broad SMARTS) is 1. The molecule has 0 aliphatic carbocycles. The molecule has 0 saturated carbocycles. The van der Waals surface area contributed by atoms with Gasteiger partial charge in [-0.15, -0.1) is 0 Å². The number of urea groups is 1. The molecule has 1 aromatic carbocycles. The van der Waals surface area contributed by atoms with Gasteiger partial charge in [0.25, 0.3) is 0 Å². The normalized spacial score (nSPS) is 11.6. The predicted molar refractivity (Wildman–Crippen MR) is 75.8 cm³/mol. The van der Waals surface area contributed by atoms with E-state index in [0.717, 1.165) is 5.76 Å². The highest BCUT2D eigenvalue weighted by molar-refractivity contribution is 5.83. The Morgan fingerprint density at radius 1 is 1.14 bits per heavy atom. The Kier molecular flexibility index (Phi) is 4.98. The molecule has 6 heteroatoms. The summed E-state index contributed by atoms with van der Waals surface area (Å²) in [6.45, 7) is 0.362. The Hall–Kier alpha value is -2.76. The minimum atomic E-state index is -1.11. The van der Waals surface area contributed by atoms with Crippen molar-refractivity contribution in [3.05, 3.63) is 60.1 Å². The van der Waals surface area contributed by atoms with Gasteiger partial charge < -0.3 is 20.2 Å². The second-order valence-corrected chi connectivity index (χ2v) is 4.41. The first-order valence-electron chi connectivity index (χ1n) is 6.51. The van der Waals surface area contributed by atoms with Gasteiger partial charge in [-0.25, -0.2) is 9.59 Å². The standard InChI is InChI=1S/C15H16N2O4/c18-14(19)13(11-5-2-1-3-6-11)17-15(20)16-9-8-12-7-4-10-21-12/h1-7,10,13H,8-9H2,(H,18,19)(H2,16,17,20)/t13-/m1/s1. The number of carbonyl (C=O) groups is 2. The fraction of sp³-hybridized carbons (Fsp3) is 0.200. The maximum Gasteiger partial charge on any atom is 0.330 e. The van der Waals surface area contributed by atoms with Crippen LogP contribution in [0.1, 0.15) is 17.4 Å². The fourth-order valence-electron chi connectivity index (χ4n) is 1.87. The highest BCUT2D eigenvalue weighted by Gasteiger charge is 2.21. The molecule has 1 heterocycles. The predicted octanol–water partition coefficient (Wildman–Crippen LogP) is 1.95. The van der Waals surface area contributed by atoms with Crippen molar-refractivity contribution in [2.24, 2.45) is 0 Å². The van der Waals surface area contributed by atoms with Crippen LogP contribution in [0.25, 0.3) is 0 Å². The summed E-state index contributed by atoms with van der Waals surface area (Å²) in [6.07, 6.45) is 2.11. The first-order chi connectivity index (χ1) is 10.2. The number of nitrogens with one attached hydrogen (secondary N) is 2. The largest absolute Gasteiger partial charge is 0.479 e. The Bertz CT molecular complexity index is 581. The van der Waals surface area contributed by atoms with Gasteiger partial charge in [0, 0.05) is 13.0 Å². The molecule has 2 rings (SSSR count). The first-order valence-corrected chi connectivity index (χ1v) is 6.51. The fourth-order valence-corrected chi connectivity index (χ4v) is 1.87. The van der Waals surface area contributed by atoms with Gasteiger partial charge in [0.1, 0.15) is 5.76 Å². The first kappa shape index (κ1) is 14.6. The minimum Gasteiger partial charge on any atom is -0.479 e. The molecule has 1 atom stereocenters. The molecule has 0 aliphatic rings. The molecule has 0 unspecified atom stereocenters. The Morgan fingerprint density at radius 3 is 2.52 bits per heavy atom. The van der Waals surface area contributed by atoms with E-state index in [9.17, 15) is 14.7 Å². The van der Waals surface area contributed by atoms with E-state index < -0.39 is 18.0 Å². The van der Waals surface area contributed by atoms with Crippen LogP contribution < -0.4 is 10.6 Å². The average Bonchev–Trinajstić information content (AvgIpc) is 2.98. The van der Waals surface area contributed by atoms with Crippen LogP contribution in [0.15, 0.2) is 53.1 Å². The number of amides is 2. The Labute approximate surface area is 121 Å². The Morgan fingerprint density at radius 2 is 1.90 bits per heavy atom. The summed E-state index contributed by atoms with van der Waals surface area (Å²) in [5.74, 6) is -0.351. The van der Waals surface area contributed by atoms with Gasteiger partial charge in [-0.2, -0.15) is 0 Å². The molecule has 0 bridgehead atoms. The van der Waals surface area contributed by atoms with Crippen LogP contribution in [0.4, 0.5) is 4.79 Å². The monoisotopic (exact) mass is 288 g/mol. The summed E-state index contributed by atoms with van der Waals surface area (Å²) in [5, 5.41) is 14.2. The number of rotatable bonds is 6. The highest BCUT2D eigenvalue weighted by Crippen LogP contribution is 2.12. The number of carbonyl (C=O) groups excluding carboxylic acids is 1. The van der Waals surface area contributed by atoms with Crippen molar-refractivity contribution in [3.63, 3.8) is 0 Å². The molecule has 0 saturated heterocycles. The van der Waals surface area contributed by atoms with Crippen molar-refractivity contribution in [1.82, 2.24) is 10.6 Å². The summed E-state index contributed by atoms with van der Waals surface area (Å²) in [5.41, 5.74) is 0.520. The molecular weight excluding hydrogens is 272 g/mol. The van der Waals surface area contributed by atoms with Gasteiger partial charge >= 0.3 is 12.0 Å². The van der Waals surface area contributed by atoms with E-state index in [1.807, 2.05) is 6.07 Å². The number of benzene rings is 1. The lowest BCUT2D eigenvalue weighted by Crippen LogP contribution is -2.41. The smallest absolute Gasteiger partial charge is 0.330 e. The molecule has 1 aromatic heterocycles. The van der Waals surface area contributed by atoms with E-state index in [1.165, 1.54) is 0 Å². The van der Waals surface area contributed by atoms with E-state index in [4.69, 9.17) is 4.42 Å². The number of hydrogen-bond acceptors (Lipinski definition) is 3. The van der Waals surface area contributed by atoms with E-state index in [1.54, 1.807) is 42.7 Å². The third-order valence-electron chi connectivity index (χ3n) is 2.89. The maximum atomic E-state index is 11.7. The summed E-state index contributed by atoms with van der Waals surface area (Å²) >= 11 is 0. The second-order valence-electron chi connectivity index (χ2n) is 4.41. The minimum absolute atomic E-state index is 0.362. The van der Waals surface area contributed by atoms with Crippen molar-refractivity contribution in [2.75, 3.05) is 6.54 Å². The van der Waals surface area contributed by atoms with E-state index in [-0.39, 0.29) is 0 Å². The zero-order chi connectivity index (χ0) is 15.1. The lowest BCUT2D eigenvalue weighted by atomic mass is 10.1. The summed E-state index contributed by atoms with van der Waals surface area (Å²) in [7, 11) is 0. The van der Waals surface area contributed by atoms with Crippen molar-refractivity contribution < 1.29 is 19.1 Å². The number of aliphatic carboxylic acids is 1. The summed E-state index contributed by atoms with van der Waals surface area (Å²) in [6, 6.07) is 10.5. The third kappa shape index (κ3) is 4.38. The van der Waals surface area contributed by atoms with Crippen LogP contribution in [-0.4, -0.2) is 23.7 Å². The van der Waals surface area contributed by atoms with Crippen LogP contribution >= 0.6 is 0 Å². The van der Waals surface area contributed by atoms with Crippen molar-refractivity contribution in [1.29, 1.82) is 0 Å². The van der Waals surface area contributed by atoms with Crippen molar-refractivity contribution >= 4 is 12.0 Å². The zero-order valence-electron chi connectivity index (χ0n) is 11.3. The van der Waals surface area contributed by atoms with Gasteiger partial charge in [-0.05, 0) is 17.7 Å². The molecule has 0 radical (unpaired) electrons. The van der Waals surface area contributed by atoms with Crippen LogP contribution in [0, 0.1) is 0 Å². The molecule has 3 N–H and O–H groups in total. The van der Waals surface area contributed by atoms with Crippen LogP contribution in [-0.2, 0) is 11.2 Å². The topological polar surface area (TPSA) is 91.6 Å². The van der Waals surface area contributed by atoms with Crippen LogP contribution in [0.5, 0.6) is 0 Å². The molecule has 6 nitrogen and oxygen atoms in total. The van der Waals surface area contributed by atoms with E-state index in [2.05, 4.69) is 10.6 Å². The highest BCUT2D eigenvalue weighted by atomic mass is 16.4. The van der Waals surface area contributed by atoms with E-state index >= 15 is 0 Å². The molecule has 2 amide bonds. The number of hydrogen-bond donors (Lipinski definition) is 3. The molecule has 21 heavy (non-hydrogen) atoms. The quantitative estimate of drug-likeness (QED) is 0.757. The SMILES string of the molecule is O=C(NCCc1ccco1)N[C@@H](C(=O)O)c1ccccc1. The van der Waals surface area contributed by atoms with Gasteiger partial charge in [-0.3, -0.25) is 0 Å². The molecule has 0 fully saturated rings. The van der Waals surface area contributed by atoms with Gasteiger partial charge in [-0.1, -0.05) is 30.3 Å². The van der Waals surface area contributed by atoms with Gasteiger partial charge in [0.2, 0.25) is 0 Å². The number of carboxylic acids is 1. The van der Waals surface area contributed by atoms with E-state index in [0.29, 0.717) is 18.5 Å². The lowest BCUT2D eigenvalue weighted by Gasteiger charge is -2.15. The Balaban J connectivity index is 1.85. The number of furan rings is 1. The van der Waals surface area contributed by atoms with Crippen molar-refractivity contribution in [2.45, 2.75) is 12.5 Å². The van der Waals surface area contributed by atoms with Crippen LogP contribution in [0.2, 0.25) is 0 Å². The summed E-state index contributed by atoms with van der Waals surface area (Å²) in [4.78, 5) is 23.0. The van der Waals surface area contributed by atoms with Crippen LogP contribution in [0.3, 0.4) is 0 Å². The molecule has 2 aromatic rings. The van der Waals surface area contributed by atoms with Gasteiger partial charge in [0.15, 0.2) is 6.04 Å². The maximum absolute atomic E-state index is 11.7. The summed E-state index contributed by atoms with van der Waals surface area (Å²) < 4.78 is 5.14. The molecule has 0 aliphatic heterocycles. The zero-order valence-corrected chi connectivity index (χ0v) is 11.3. The van der Waals surface area contributed by atoms with Gasteiger partial charge in [0.05, 0.1) is 6.26 Å². The lowest BCUT2D eigenvalue weighted by molar-refractivity contribution is -0.139. The average molecular weight is 288 g/mol.